The fraction of sp³-hybridized carbons (Fsp3) is 0.636. The lowest BCUT2D eigenvalue weighted by Crippen LogP contribution is -2.42. The Morgan fingerprint density at radius 1 is 1.56 bits per heavy atom. The molecular weight excluding hydrogens is 315 g/mol. The van der Waals surface area contributed by atoms with E-state index in [1.54, 1.807) is 6.33 Å². The van der Waals surface area contributed by atoms with Crippen LogP contribution in [0, 0.1) is 3.57 Å². The van der Waals surface area contributed by atoms with Gasteiger partial charge in [0.15, 0.2) is 0 Å². The van der Waals surface area contributed by atoms with Crippen LogP contribution in [0.5, 0.6) is 0 Å². The summed E-state index contributed by atoms with van der Waals surface area (Å²) < 4.78 is 1.11. The van der Waals surface area contributed by atoms with Gasteiger partial charge in [0.1, 0.15) is 12.1 Å². The SMILES string of the molecule is CN(CC1CCCCN1)c1ncncc1I. The van der Waals surface area contributed by atoms with Gasteiger partial charge in [-0.2, -0.15) is 0 Å². The molecular formula is C11H17IN4. The van der Waals surface area contributed by atoms with Crippen LogP contribution in [-0.2, 0) is 0 Å². The van der Waals surface area contributed by atoms with Crippen molar-refractivity contribution in [2.45, 2.75) is 25.3 Å². The zero-order chi connectivity index (χ0) is 11.4. The highest BCUT2D eigenvalue weighted by molar-refractivity contribution is 14.1. The smallest absolute Gasteiger partial charge is 0.145 e. The fourth-order valence-electron chi connectivity index (χ4n) is 2.08. The largest absolute Gasteiger partial charge is 0.357 e. The molecule has 0 spiro atoms. The molecule has 1 aliphatic rings. The highest BCUT2D eigenvalue weighted by atomic mass is 127. The second-order valence-electron chi connectivity index (χ2n) is 4.22. The van der Waals surface area contributed by atoms with E-state index in [1.807, 2.05) is 6.20 Å². The number of hydrogen-bond acceptors (Lipinski definition) is 4. The second kappa shape index (κ2) is 5.77. The van der Waals surface area contributed by atoms with E-state index in [9.17, 15) is 0 Å². The summed E-state index contributed by atoms with van der Waals surface area (Å²) in [4.78, 5) is 10.6. The van der Waals surface area contributed by atoms with E-state index in [0.29, 0.717) is 6.04 Å². The molecule has 1 aromatic heterocycles. The molecule has 1 N–H and O–H groups in total. The summed E-state index contributed by atoms with van der Waals surface area (Å²) in [6.07, 6.45) is 7.39. The number of hydrogen-bond donors (Lipinski definition) is 1. The lowest BCUT2D eigenvalue weighted by Gasteiger charge is -2.29. The van der Waals surface area contributed by atoms with Crippen LogP contribution in [0.15, 0.2) is 12.5 Å². The van der Waals surface area contributed by atoms with Crippen LogP contribution in [-0.4, -0.2) is 36.1 Å². The molecule has 1 aliphatic heterocycles. The Morgan fingerprint density at radius 3 is 3.12 bits per heavy atom. The highest BCUT2D eigenvalue weighted by Crippen LogP contribution is 2.18. The maximum absolute atomic E-state index is 4.32. The van der Waals surface area contributed by atoms with Crippen molar-refractivity contribution < 1.29 is 0 Å². The summed E-state index contributed by atoms with van der Waals surface area (Å²) in [6.45, 7) is 2.17. The summed E-state index contributed by atoms with van der Waals surface area (Å²) in [7, 11) is 2.10. The molecule has 4 nitrogen and oxygen atoms in total. The van der Waals surface area contributed by atoms with Gasteiger partial charge in [0.05, 0.1) is 3.57 Å². The van der Waals surface area contributed by atoms with Crippen molar-refractivity contribution in [2.75, 3.05) is 25.0 Å². The first-order valence-corrected chi connectivity index (χ1v) is 6.75. The van der Waals surface area contributed by atoms with Crippen LogP contribution in [0.1, 0.15) is 19.3 Å². The summed E-state index contributed by atoms with van der Waals surface area (Å²) in [6, 6.07) is 0.601. The van der Waals surface area contributed by atoms with Crippen molar-refractivity contribution in [1.82, 2.24) is 15.3 Å². The first-order valence-electron chi connectivity index (χ1n) is 5.67. The molecule has 16 heavy (non-hydrogen) atoms. The molecule has 2 heterocycles. The third-order valence-electron chi connectivity index (χ3n) is 2.92. The third kappa shape index (κ3) is 3.04. The van der Waals surface area contributed by atoms with Crippen LogP contribution in [0.4, 0.5) is 5.82 Å². The molecule has 1 aromatic rings. The van der Waals surface area contributed by atoms with Crippen molar-refractivity contribution in [3.63, 3.8) is 0 Å². The normalized spacial score (nSPS) is 20.8. The maximum Gasteiger partial charge on any atom is 0.145 e. The fourth-order valence-corrected chi connectivity index (χ4v) is 2.80. The van der Waals surface area contributed by atoms with E-state index < -0.39 is 0 Å². The van der Waals surface area contributed by atoms with Crippen molar-refractivity contribution in [3.8, 4) is 0 Å². The number of nitrogens with zero attached hydrogens (tertiary/aromatic N) is 3. The predicted octanol–water partition coefficient (Wildman–Crippen LogP) is 1.66. The predicted molar refractivity (Wildman–Crippen MR) is 73.7 cm³/mol. The molecule has 1 atom stereocenters. The Morgan fingerprint density at radius 2 is 2.44 bits per heavy atom. The lowest BCUT2D eigenvalue weighted by atomic mass is 10.0. The van der Waals surface area contributed by atoms with Gasteiger partial charge < -0.3 is 10.2 Å². The van der Waals surface area contributed by atoms with Crippen LogP contribution in [0.3, 0.4) is 0 Å². The standard InChI is InChI=1S/C11H17IN4/c1-16(7-9-4-2-3-5-14-9)11-10(12)6-13-8-15-11/h6,8-9,14H,2-5,7H2,1H3. The van der Waals surface area contributed by atoms with Gasteiger partial charge in [-0.1, -0.05) is 6.42 Å². The third-order valence-corrected chi connectivity index (χ3v) is 3.68. The molecule has 88 valence electrons. The monoisotopic (exact) mass is 332 g/mol. The molecule has 0 bridgehead atoms. The minimum absolute atomic E-state index is 0.601. The average Bonchev–Trinajstić information content (AvgIpc) is 2.31. The molecule has 5 heteroatoms. The number of aromatic nitrogens is 2. The number of piperidine rings is 1. The van der Waals surface area contributed by atoms with E-state index in [-0.39, 0.29) is 0 Å². The van der Waals surface area contributed by atoms with E-state index in [1.165, 1.54) is 19.3 Å². The molecule has 2 rings (SSSR count). The Hall–Kier alpha value is -0.430. The molecule has 0 amide bonds. The van der Waals surface area contributed by atoms with Crippen molar-refractivity contribution in [1.29, 1.82) is 0 Å². The minimum atomic E-state index is 0.601. The zero-order valence-electron chi connectivity index (χ0n) is 9.49. The average molecular weight is 332 g/mol. The second-order valence-corrected chi connectivity index (χ2v) is 5.38. The highest BCUT2D eigenvalue weighted by Gasteiger charge is 2.16. The topological polar surface area (TPSA) is 41.0 Å². The number of nitrogens with one attached hydrogen (secondary N) is 1. The first kappa shape index (κ1) is 12.0. The Bertz CT molecular complexity index is 339. The first-order chi connectivity index (χ1) is 7.77. The number of likely N-dealkylation sites (N-methyl/N-ethyl adjacent to an activating group) is 1. The molecule has 1 saturated heterocycles. The van der Waals surface area contributed by atoms with Crippen LogP contribution in [0.25, 0.3) is 0 Å². The molecule has 1 unspecified atom stereocenters. The quantitative estimate of drug-likeness (QED) is 0.855. The van der Waals surface area contributed by atoms with E-state index >= 15 is 0 Å². The molecule has 0 aromatic carbocycles. The van der Waals surface area contributed by atoms with Crippen LogP contribution >= 0.6 is 22.6 Å². The van der Waals surface area contributed by atoms with Gasteiger partial charge in [-0.15, -0.1) is 0 Å². The van der Waals surface area contributed by atoms with Crippen LogP contribution in [0.2, 0.25) is 0 Å². The Labute approximate surface area is 110 Å². The van der Waals surface area contributed by atoms with Gasteiger partial charge in [0.2, 0.25) is 0 Å². The Kier molecular flexibility index (Phi) is 4.34. The van der Waals surface area contributed by atoms with Gasteiger partial charge in [0.25, 0.3) is 0 Å². The summed E-state index contributed by atoms with van der Waals surface area (Å²) in [5.41, 5.74) is 0. The minimum Gasteiger partial charge on any atom is -0.357 e. The molecule has 0 radical (unpaired) electrons. The summed E-state index contributed by atoms with van der Waals surface area (Å²) >= 11 is 2.28. The molecule has 0 aliphatic carbocycles. The zero-order valence-corrected chi connectivity index (χ0v) is 11.6. The number of rotatable bonds is 3. The molecule has 1 fully saturated rings. The summed E-state index contributed by atoms with van der Waals surface area (Å²) in [5.74, 6) is 1.03. The van der Waals surface area contributed by atoms with Gasteiger partial charge in [0, 0.05) is 25.8 Å². The van der Waals surface area contributed by atoms with Gasteiger partial charge >= 0.3 is 0 Å². The van der Waals surface area contributed by atoms with E-state index in [4.69, 9.17) is 0 Å². The van der Waals surface area contributed by atoms with Gasteiger partial charge in [-0.05, 0) is 42.0 Å². The van der Waals surface area contributed by atoms with Crippen molar-refractivity contribution in [3.05, 3.63) is 16.1 Å². The van der Waals surface area contributed by atoms with E-state index in [2.05, 4.69) is 49.8 Å². The van der Waals surface area contributed by atoms with Crippen molar-refractivity contribution >= 4 is 28.4 Å². The number of anilines is 1. The van der Waals surface area contributed by atoms with Gasteiger partial charge in [-0.3, -0.25) is 0 Å². The van der Waals surface area contributed by atoms with Gasteiger partial charge in [-0.25, -0.2) is 9.97 Å². The number of halogens is 1. The van der Waals surface area contributed by atoms with Crippen LogP contribution < -0.4 is 10.2 Å². The summed E-state index contributed by atoms with van der Waals surface area (Å²) in [5, 5.41) is 3.55. The Balaban J connectivity index is 1.96. The lowest BCUT2D eigenvalue weighted by molar-refractivity contribution is 0.403. The van der Waals surface area contributed by atoms with Crippen molar-refractivity contribution in [2.24, 2.45) is 0 Å². The molecule has 0 saturated carbocycles. The maximum atomic E-state index is 4.32. The van der Waals surface area contributed by atoms with E-state index in [0.717, 1.165) is 22.5 Å².